The van der Waals surface area contributed by atoms with Crippen molar-refractivity contribution < 1.29 is 19.4 Å². The minimum absolute atomic E-state index is 0.0341. The van der Waals surface area contributed by atoms with Gasteiger partial charge < -0.3 is 15.2 Å². The van der Waals surface area contributed by atoms with E-state index in [0.29, 0.717) is 6.42 Å². The zero-order valence-corrected chi connectivity index (χ0v) is 11.9. The highest BCUT2D eigenvalue weighted by Crippen LogP contribution is 2.05. The van der Waals surface area contributed by atoms with Crippen molar-refractivity contribution in [1.82, 2.24) is 5.32 Å². The smallest absolute Gasteiger partial charge is 0.408 e. The lowest BCUT2D eigenvalue weighted by molar-refractivity contribution is -0.136. The van der Waals surface area contributed by atoms with Crippen LogP contribution in [-0.2, 0) is 9.53 Å². The Morgan fingerprint density at radius 1 is 1.20 bits per heavy atom. The maximum absolute atomic E-state index is 11.2. The SMILES string of the molecule is CC(C)(C)OC(=O)NCC#C/C=C/C#CCCC(=O)O. The van der Waals surface area contributed by atoms with Crippen LogP contribution in [0.2, 0.25) is 0 Å². The second kappa shape index (κ2) is 9.52. The van der Waals surface area contributed by atoms with E-state index < -0.39 is 17.7 Å². The van der Waals surface area contributed by atoms with Gasteiger partial charge in [0.1, 0.15) is 5.60 Å². The van der Waals surface area contributed by atoms with Crippen molar-refractivity contribution in [3.05, 3.63) is 12.2 Å². The number of alkyl carbamates (subject to hydrolysis) is 1. The Kier molecular flexibility index (Phi) is 8.38. The average molecular weight is 277 g/mol. The third kappa shape index (κ3) is 13.7. The lowest BCUT2D eigenvalue weighted by Crippen LogP contribution is -2.32. The largest absolute Gasteiger partial charge is 0.481 e. The monoisotopic (exact) mass is 277 g/mol. The molecule has 0 aromatic heterocycles. The molecular formula is C15H19NO4. The van der Waals surface area contributed by atoms with Crippen LogP contribution in [0.5, 0.6) is 0 Å². The van der Waals surface area contributed by atoms with Crippen molar-refractivity contribution in [3.8, 4) is 23.7 Å². The van der Waals surface area contributed by atoms with Crippen LogP contribution < -0.4 is 5.32 Å². The van der Waals surface area contributed by atoms with Crippen LogP contribution in [0.15, 0.2) is 12.2 Å². The van der Waals surface area contributed by atoms with Crippen molar-refractivity contribution in [2.45, 2.75) is 39.2 Å². The summed E-state index contributed by atoms with van der Waals surface area (Å²) in [6, 6.07) is 0. The van der Waals surface area contributed by atoms with Gasteiger partial charge in [0.05, 0.1) is 13.0 Å². The summed E-state index contributed by atoms with van der Waals surface area (Å²) >= 11 is 0. The first-order valence-corrected chi connectivity index (χ1v) is 6.12. The normalized spacial score (nSPS) is 9.95. The average Bonchev–Trinajstić information content (AvgIpc) is 2.28. The maximum Gasteiger partial charge on any atom is 0.408 e. The molecule has 0 bridgehead atoms. The fourth-order valence-corrected chi connectivity index (χ4v) is 0.924. The lowest BCUT2D eigenvalue weighted by atomic mass is 10.2. The van der Waals surface area contributed by atoms with Crippen LogP contribution in [0.25, 0.3) is 0 Å². The molecule has 1 amide bonds. The molecule has 0 saturated carbocycles. The molecule has 5 nitrogen and oxygen atoms in total. The Morgan fingerprint density at radius 3 is 2.35 bits per heavy atom. The first-order chi connectivity index (χ1) is 9.31. The van der Waals surface area contributed by atoms with Gasteiger partial charge in [-0.2, -0.15) is 0 Å². The molecule has 0 radical (unpaired) electrons. The molecule has 0 heterocycles. The predicted molar refractivity (Wildman–Crippen MR) is 75.8 cm³/mol. The van der Waals surface area contributed by atoms with E-state index in [9.17, 15) is 9.59 Å². The van der Waals surface area contributed by atoms with Crippen LogP contribution in [-0.4, -0.2) is 29.3 Å². The maximum atomic E-state index is 11.2. The Balaban J connectivity index is 3.83. The third-order valence-corrected chi connectivity index (χ3v) is 1.64. The summed E-state index contributed by atoms with van der Waals surface area (Å²) in [6.45, 7) is 5.53. The van der Waals surface area contributed by atoms with Gasteiger partial charge in [-0.1, -0.05) is 23.7 Å². The summed E-state index contributed by atoms with van der Waals surface area (Å²) in [7, 11) is 0. The van der Waals surface area contributed by atoms with Gasteiger partial charge in [0.25, 0.3) is 0 Å². The fraction of sp³-hybridized carbons (Fsp3) is 0.467. The molecule has 0 aliphatic carbocycles. The molecule has 20 heavy (non-hydrogen) atoms. The number of hydrogen-bond acceptors (Lipinski definition) is 3. The van der Waals surface area contributed by atoms with Gasteiger partial charge in [-0.25, -0.2) is 4.79 Å². The lowest BCUT2D eigenvalue weighted by Gasteiger charge is -2.18. The van der Waals surface area contributed by atoms with Gasteiger partial charge >= 0.3 is 12.1 Å². The number of amides is 1. The molecule has 0 spiro atoms. The van der Waals surface area contributed by atoms with E-state index in [4.69, 9.17) is 9.84 Å². The van der Waals surface area contributed by atoms with Gasteiger partial charge in [-0.05, 0) is 32.9 Å². The molecule has 5 heteroatoms. The van der Waals surface area contributed by atoms with Crippen LogP contribution in [0.1, 0.15) is 33.6 Å². The minimum atomic E-state index is -0.865. The summed E-state index contributed by atoms with van der Waals surface area (Å²) in [5.74, 6) is 9.86. The topological polar surface area (TPSA) is 75.6 Å². The van der Waals surface area contributed by atoms with Crippen molar-refractivity contribution in [2.75, 3.05) is 6.54 Å². The van der Waals surface area contributed by atoms with Gasteiger partial charge in [-0.15, -0.1) is 0 Å². The van der Waals surface area contributed by atoms with Crippen molar-refractivity contribution in [3.63, 3.8) is 0 Å². The summed E-state index contributed by atoms with van der Waals surface area (Å²) in [5.41, 5.74) is -0.525. The van der Waals surface area contributed by atoms with E-state index in [2.05, 4.69) is 29.0 Å². The van der Waals surface area contributed by atoms with Gasteiger partial charge in [-0.3, -0.25) is 4.79 Å². The van der Waals surface area contributed by atoms with E-state index in [0.717, 1.165) is 0 Å². The molecule has 0 saturated heterocycles. The standard InChI is InChI=1S/C15H19NO4/c1-15(2,3)20-14(19)16-12-10-8-6-4-5-7-9-11-13(17)18/h4,6H,9,11-12H2,1-3H3,(H,16,19)(H,17,18)/b6-4+. The Bertz CT molecular complexity index is 478. The molecule has 0 aliphatic heterocycles. The number of ether oxygens (including phenoxy) is 1. The Labute approximate surface area is 119 Å². The highest BCUT2D eigenvalue weighted by atomic mass is 16.6. The predicted octanol–water partition coefficient (Wildman–Crippen LogP) is 1.94. The van der Waals surface area contributed by atoms with E-state index in [-0.39, 0.29) is 13.0 Å². The number of aliphatic carboxylic acids is 1. The molecule has 0 aromatic carbocycles. The fourth-order valence-electron chi connectivity index (χ4n) is 0.924. The third-order valence-electron chi connectivity index (χ3n) is 1.64. The van der Waals surface area contributed by atoms with Crippen molar-refractivity contribution in [1.29, 1.82) is 0 Å². The molecule has 0 rings (SSSR count). The Morgan fingerprint density at radius 2 is 1.80 bits per heavy atom. The summed E-state index contributed by atoms with van der Waals surface area (Å²) in [5, 5.41) is 10.9. The van der Waals surface area contributed by atoms with Crippen molar-refractivity contribution in [2.24, 2.45) is 0 Å². The highest BCUT2D eigenvalue weighted by Gasteiger charge is 2.14. The summed E-state index contributed by atoms with van der Waals surface area (Å²) in [6.07, 6.45) is 2.90. The number of carboxylic acids is 1. The van der Waals surface area contributed by atoms with Gasteiger partial charge in [0.15, 0.2) is 0 Å². The second-order valence-electron chi connectivity index (χ2n) is 4.72. The quantitative estimate of drug-likeness (QED) is 0.773. The molecule has 0 fully saturated rings. The number of carboxylic acid groups (broad SMARTS) is 1. The van der Waals surface area contributed by atoms with E-state index in [1.807, 2.05) is 0 Å². The van der Waals surface area contributed by atoms with Crippen LogP contribution in [0.3, 0.4) is 0 Å². The van der Waals surface area contributed by atoms with Crippen LogP contribution in [0, 0.1) is 23.7 Å². The van der Waals surface area contributed by atoms with E-state index in [1.165, 1.54) is 12.2 Å². The molecule has 0 unspecified atom stereocenters. The molecule has 108 valence electrons. The number of carbonyl (C=O) groups excluding carboxylic acids is 1. The van der Waals surface area contributed by atoms with Gasteiger partial charge in [0.2, 0.25) is 0 Å². The van der Waals surface area contributed by atoms with E-state index >= 15 is 0 Å². The van der Waals surface area contributed by atoms with Crippen molar-refractivity contribution >= 4 is 12.1 Å². The van der Waals surface area contributed by atoms with E-state index in [1.54, 1.807) is 20.8 Å². The molecule has 2 N–H and O–H groups in total. The Hall–Kier alpha value is -2.40. The molecule has 0 atom stereocenters. The number of allylic oxidation sites excluding steroid dienone is 2. The zero-order valence-electron chi connectivity index (χ0n) is 11.9. The number of rotatable bonds is 3. The molecule has 0 aliphatic rings. The second-order valence-corrected chi connectivity index (χ2v) is 4.72. The number of nitrogens with one attached hydrogen (secondary N) is 1. The first-order valence-electron chi connectivity index (χ1n) is 6.12. The summed E-state index contributed by atoms with van der Waals surface area (Å²) in [4.78, 5) is 21.4. The van der Waals surface area contributed by atoms with Gasteiger partial charge in [0, 0.05) is 6.42 Å². The number of carbonyl (C=O) groups is 2. The molecular weight excluding hydrogens is 258 g/mol. The first kappa shape index (κ1) is 17.6. The highest BCUT2D eigenvalue weighted by molar-refractivity contribution is 5.68. The number of hydrogen-bond donors (Lipinski definition) is 2. The summed E-state index contributed by atoms with van der Waals surface area (Å²) < 4.78 is 5.02. The minimum Gasteiger partial charge on any atom is -0.481 e. The van der Waals surface area contributed by atoms with Crippen LogP contribution >= 0.6 is 0 Å². The zero-order chi connectivity index (χ0) is 15.4. The van der Waals surface area contributed by atoms with Crippen LogP contribution in [0.4, 0.5) is 4.79 Å². The molecule has 0 aromatic rings.